The molecule has 1 heterocycles. The fourth-order valence-electron chi connectivity index (χ4n) is 5.38. The van der Waals surface area contributed by atoms with E-state index in [0.29, 0.717) is 34.6 Å². The Hall–Kier alpha value is -2.12. The average molecular weight is 577 g/mol. The molecule has 0 spiro atoms. The van der Waals surface area contributed by atoms with E-state index in [1.54, 1.807) is 12.0 Å². The highest BCUT2D eigenvalue weighted by Crippen LogP contribution is 2.30. The van der Waals surface area contributed by atoms with E-state index in [4.69, 9.17) is 27.9 Å². The SMILES string of the molecule is CCC(=O)N(CCCCOC)C1CCN(CC[C@H](CN(C)C(=O)c2ccccc2)c2ccc(Cl)c(Cl)c2)CC1. The number of rotatable bonds is 14. The number of carbonyl (C=O) groups is 2. The summed E-state index contributed by atoms with van der Waals surface area (Å²) in [4.78, 5) is 32.1. The minimum Gasteiger partial charge on any atom is -0.385 e. The largest absolute Gasteiger partial charge is 0.385 e. The lowest BCUT2D eigenvalue weighted by atomic mass is 9.93. The number of likely N-dealkylation sites (N-methyl/N-ethyl adjacent to an activating group) is 1. The van der Waals surface area contributed by atoms with Crippen molar-refractivity contribution < 1.29 is 14.3 Å². The number of methoxy groups -OCH3 is 1. The number of halogens is 2. The molecule has 0 aliphatic carbocycles. The van der Waals surface area contributed by atoms with Crippen molar-refractivity contribution >= 4 is 35.0 Å². The molecule has 1 atom stereocenters. The monoisotopic (exact) mass is 575 g/mol. The normalized spacial score (nSPS) is 15.2. The fourth-order valence-corrected chi connectivity index (χ4v) is 5.69. The highest BCUT2D eigenvalue weighted by molar-refractivity contribution is 6.42. The van der Waals surface area contributed by atoms with E-state index in [0.717, 1.165) is 70.5 Å². The number of ether oxygens (including phenoxy) is 1. The third-order valence-corrected chi connectivity index (χ3v) is 8.43. The molecule has 2 amide bonds. The van der Waals surface area contributed by atoms with Crippen LogP contribution in [0.15, 0.2) is 48.5 Å². The molecule has 2 aromatic carbocycles. The van der Waals surface area contributed by atoms with Crippen LogP contribution >= 0.6 is 23.2 Å². The molecular formula is C31H43Cl2N3O3. The smallest absolute Gasteiger partial charge is 0.253 e. The summed E-state index contributed by atoms with van der Waals surface area (Å²) in [6.45, 7) is 6.91. The number of amides is 2. The maximum Gasteiger partial charge on any atom is 0.253 e. The topological polar surface area (TPSA) is 53.1 Å². The maximum absolute atomic E-state index is 13.1. The van der Waals surface area contributed by atoms with Gasteiger partial charge in [-0.3, -0.25) is 9.59 Å². The van der Waals surface area contributed by atoms with Crippen LogP contribution in [0, 0.1) is 0 Å². The maximum atomic E-state index is 13.1. The van der Waals surface area contributed by atoms with Gasteiger partial charge >= 0.3 is 0 Å². The highest BCUT2D eigenvalue weighted by Gasteiger charge is 2.28. The van der Waals surface area contributed by atoms with Crippen molar-refractivity contribution in [3.8, 4) is 0 Å². The number of piperidine rings is 1. The molecule has 6 nitrogen and oxygen atoms in total. The number of hydrogen-bond acceptors (Lipinski definition) is 4. The van der Waals surface area contributed by atoms with Crippen LogP contribution in [-0.4, -0.2) is 86.0 Å². The third kappa shape index (κ3) is 9.49. The first kappa shape index (κ1) is 31.4. The molecule has 0 saturated carbocycles. The number of hydrogen-bond donors (Lipinski definition) is 0. The van der Waals surface area contributed by atoms with Gasteiger partial charge in [0.1, 0.15) is 0 Å². The molecule has 1 aliphatic rings. The first-order valence-electron chi connectivity index (χ1n) is 14.1. The van der Waals surface area contributed by atoms with Crippen LogP contribution in [0.4, 0.5) is 0 Å². The Labute approximate surface area is 244 Å². The van der Waals surface area contributed by atoms with Gasteiger partial charge in [0.25, 0.3) is 5.91 Å². The lowest BCUT2D eigenvalue weighted by Gasteiger charge is -2.39. The second-order valence-electron chi connectivity index (χ2n) is 10.4. The molecule has 0 unspecified atom stereocenters. The molecule has 0 aromatic heterocycles. The van der Waals surface area contributed by atoms with E-state index in [2.05, 4.69) is 9.80 Å². The average Bonchev–Trinajstić information content (AvgIpc) is 2.96. The van der Waals surface area contributed by atoms with Crippen LogP contribution in [-0.2, 0) is 9.53 Å². The second-order valence-corrected chi connectivity index (χ2v) is 11.2. The standard InChI is InChI=1S/C31H43Cl2N3O3/c1-4-30(37)36(17-8-9-21-39-3)27-15-19-35(20-16-27)18-14-26(25-12-13-28(32)29(33)22-25)23-34(2)31(38)24-10-6-5-7-11-24/h5-7,10-13,22,26-27H,4,8-9,14-21,23H2,1-3H3/t26-/m1/s1. The second kappa shape index (κ2) is 16.2. The summed E-state index contributed by atoms with van der Waals surface area (Å²) in [6.07, 6.45) is 5.36. The molecule has 3 rings (SSSR count). The van der Waals surface area contributed by atoms with Crippen molar-refractivity contribution in [1.82, 2.24) is 14.7 Å². The highest BCUT2D eigenvalue weighted by atomic mass is 35.5. The third-order valence-electron chi connectivity index (χ3n) is 7.69. The van der Waals surface area contributed by atoms with Gasteiger partial charge in [0, 0.05) is 70.9 Å². The lowest BCUT2D eigenvalue weighted by Crippen LogP contribution is -2.48. The molecular weight excluding hydrogens is 533 g/mol. The molecule has 8 heteroatoms. The van der Waals surface area contributed by atoms with E-state index < -0.39 is 0 Å². The van der Waals surface area contributed by atoms with Crippen LogP contribution in [0.3, 0.4) is 0 Å². The summed E-state index contributed by atoms with van der Waals surface area (Å²) in [7, 11) is 3.58. The zero-order chi connectivity index (χ0) is 28.2. The Morgan fingerprint density at radius 1 is 1.05 bits per heavy atom. The van der Waals surface area contributed by atoms with Gasteiger partial charge in [0.15, 0.2) is 0 Å². The quantitative estimate of drug-likeness (QED) is 0.246. The Morgan fingerprint density at radius 2 is 1.77 bits per heavy atom. The Morgan fingerprint density at radius 3 is 2.41 bits per heavy atom. The first-order valence-corrected chi connectivity index (χ1v) is 14.9. The van der Waals surface area contributed by atoms with Crippen molar-refractivity contribution in [1.29, 1.82) is 0 Å². The minimum absolute atomic E-state index is 0.00709. The Kier molecular flexibility index (Phi) is 13.1. The Balaban J connectivity index is 1.61. The van der Waals surface area contributed by atoms with Gasteiger partial charge < -0.3 is 19.4 Å². The van der Waals surface area contributed by atoms with E-state index in [-0.39, 0.29) is 17.7 Å². The van der Waals surface area contributed by atoms with Crippen LogP contribution in [0.1, 0.15) is 67.3 Å². The molecule has 1 aliphatic heterocycles. The zero-order valence-electron chi connectivity index (χ0n) is 23.6. The van der Waals surface area contributed by atoms with E-state index in [9.17, 15) is 9.59 Å². The van der Waals surface area contributed by atoms with Crippen LogP contribution in [0.2, 0.25) is 10.0 Å². The van der Waals surface area contributed by atoms with Gasteiger partial charge in [-0.15, -0.1) is 0 Å². The summed E-state index contributed by atoms with van der Waals surface area (Å²) in [5, 5.41) is 1.06. The van der Waals surface area contributed by atoms with Gasteiger partial charge in [-0.25, -0.2) is 0 Å². The number of unbranched alkanes of at least 4 members (excludes halogenated alkanes) is 1. The molecule has 214 valence electrons. The fraction of sp³-hybridized carbons (Fsp3) is 0.548. The van der Waals surface area contributed by atoms with E-state index >= 15 is 0 Å². The summed E-state index contributed by atoms with van der Waals surface area (Å²) < 4.78 is 5.17. The molecule has 39 heavy (non-hydrogen) atoms. The molecule has 1 fully saturated rings. The van der Waals surface area contributed by atoms with E-state index in [1.165, 1.54) is 0 Å². The number of benzene rings is 2. The van der Waals surface area contributed by atoms with E-state index in [1.807, 2.05) is 62.5 Å². The molecule has 0 radical (unpaired) electrons. The van der Waals surface area contributed by atoms with Gasteiger partial charge in [-0.05, 0) is 68.5 Å². The van der Waals surface area contributed by atoms with Gasteiger partial charge in [-0.2, -0.15) is 0 Å². The predicted molar refractivity (Wildman–Crippen MR) is 160 cm³/mol. The Bertz CT molecular complexity index is 1040. The first-order chi connectivity index (χ1) is 18.8. The lowest BCUT2D eigenvalue weighted by molar-refractivity contribution is -0.134. The molecule has 2 aromatic rings. The number of carbonyl (C=O) groups excluding carboxylic acids is 2. The van der Waals surface area contributed by atoms with Crippen LogP contribution in [0.25, 0.3) is 0 Å². The van der Waals surface area contributed by atoms with Crippen molar-refractivity contribution in [2.24, 2.45) is 0 Å². The summed E-state index contributed by atoms with van der Waals surface area (Å²) in [6, 6.07) is 15.5. The van der Waals surface area contributed by atoms with Crippen molar-refractivity contribution in [2.75, 3.05) is 53.5 Å². The summed E-state index contributed by atoms with van der Waals surface area (Å²) in [5.74, 6) is 0.374. The molecule has 0 N–H and O–H groups in total. The van der Waals surface area contributed by atoms with Crippen molar-refractivity contribution in [3.63, 3.8) is 0 Å². The predicted octanol–water partition coefficient (Wildman–Crippen LogP) is 6.37. The number of nitrogens with zero attached hydrogens (tertiary/aromatic N) is 3. The molecule has 0 bridgehead atoms. The number of likely N-dealkylation sites (tertiary alicyclic amines) is 1. The summed E-state index contributed by atoms with van der Waals surface area (Å²) in [5.41, 5.74) is 1.77. The minimum atomic E-state index is 0.00709. The van der Waals surface area contributed by atoms with Crippen LogP contribution < -0.4 is 0 Å². The van der Waals surface area contributed by atoms with Crippen LogP contribution in [0.5, 0.6) is 0 Å². The van der Waals surface area contributed by atoms with Crippen molar-refractivity contribution in [3.05, 3.63) is 69.7 Å². The van der Waals surface area contributed by atoms with Crippen molar-refractivity contribution in [2.45, 2.75) is 57.4 Å². The zero-order valence-corrected chi connectivity index (χ0v) is 25.1. The summed E-state index contributed by atoms with van der Waals surface area (Å²) >= 11 is 12.6. The van der Waals surface area contributed by atoms with Gasteiger partial charge in [-0.1, -0.05) is 54.4 Å². The van der Waals surface area contributed by atoms with Gasteiger partial charge in [0.2, 0.25) is 5.91 Å². The molecule has 1 saturated heterocycles. The van der Waals surface area contributed by atoms with Gasteiger partial charge in [0.05, 0.1) is 10.0 Å².